The molecule has 1 heterocycles. The zero-order valence-corrected chi connectivity index (χ0v) is 9.03. The number of hydrogen-bond acceptors (Lipinski definition) is 3. The molecule has 2 rings (SSSR count). The van der Waals surface area contributed by atoms with E-state index in [1.165, 1.54) is 6.07 Å². The molecule has 82 valence electrons. The van der Waals surface area contributed by atoms with Gasteiger partial charge in [-0.3, -0.25) is 4.79 Å². The summed E-state index contributed by atoms with van der Waals surface area (Å²) in [6.45, 7) is 1.76. The second-order valence-electron chi connectivity index (χ2n) is 3.70. The number of nitrogen functional groups attached to an aromatic ring is 1. The van der Waals surface area contributed by atoms with E-state index in [1.807, 2.05) is 24.3 Å². The number of aromatic amines is 1. The Bertz CT molecular complexity index is 560. The summed E-state index contributed by atoms with van der Waals surface area (Å²) in [5.74, 6) is 0.622. The number of aryl methyl sites for hydroxylation is 1. The molecule has 0 spiro atoms. The van der Waals surface area contributed by atoms with Gasteiger partial charge in [0.1, 0.15) is 5.82 Å². The van der Waals surface area contributed by atoms with Gasteiger partial charge in [-0.2, -0.15) is 0 Å². The Morgan fingerprint density at radius 3 is 2.81 bits per heavy atom. The Balaban J connectivity index is 2.34. The molecule has 4 nitrogen and oxygen atoms in total. The van der Waals surface area contributed by atoms with Crippen LogP contribution in [0.25, 0.3) is 0 Å². The van der Waals surface area contributed by atoms with Gasteiger partial charge in [-0.25, -0.2) is 4.98 Å². The van der Waals surface area contributed by atoms with Crippen LogP contribution in [0.4, 0.5) is 5.69 Å². The number of nitrogens with two attached hydrogens (primary N) is 1. The maximum atomic E-state index is 11.3. The molecule has 0 aliphatic rings. The van der Waals surface area contributed by atoms with Crippen molar-refractivity contribution < 1.29 is 0 Å². The van der Waals surface area contributed by atoms with Crippen molar-refractivity contribution in [3.63, 3.8) is 0 Å². The summed E-state index contributed by atoms with van der Waals surface area (Å²) in [6.07, 6.45) is 0.581. The molecule has 1 aromatic heterocycles. The maximum Gasteiger partial charge on any atom is 0.251 e. The zero-order chi connectivity index (χ0) is 11.5. The average Bonchev–Trinajstić information content (AvgIpc) is 2.20. The van der Waals surface area contributed by atoms with E-state index in [0.29, 0.717) is 12.2 Å². The van der Waals surface area contributed by atoms with Gasteiger partial charge in [0.2, 0.25) is 0 Å². The minimum absolute atomic E-state index is 0.128. The SMILES string of the molecule is Cc1nc(Cc2ccccc2N)cc(=O)[nH]1. The molecule has 0 radical (unpaired) electrons. The number of aromatic nitrogens is 2. The summed E-state index contributed by atoms with van der Waals surface area (Å²) in [6, 6.07) is 9.09. The van der Waals surface area contributed by atoms with Gasteiger partial charge in [-0.15, -0.1) is 0 Å². The number of H-pyrrole nitrogens is 1. The minimum atomic E-state index is -0.128. The lowest BCUT2D eigenvalue weighted by Gasteiger charge is -2.04. The quantitative estimate of drug-likeness (QED) is 0.740. The summed E-state index contributed by atoms with van der Waals surface area (Å²) in [7, 11) is 0. The Morgan fingerprint density at radius 2 is 2.12 bits per heavy atom. The number of para-hydroxylation sites is 1. The third-order valence-electron chi connectivity index (χ3n) is 2.34. The van der Waals surface area contributed by atoms with E-state index >= 15 is 0 Å². The van der Waals surface area contributed by atoms with Gasteiger partial charge >= 0.3 is 0 Å². The first-order chi connectivity index (χ1) is 7.65. The monoisotopic (exact) mass is 215 g/mol. The number of nitrogens with zero attached hydrogens (tertiary/aromatic N) is 1. The Hall–Kier alpha value is -2.10. The van der Waals surface area contributed by atoms with E-state index in [9.17, 15) is 4.79 Å². The third-order valence-corrected chi connectivity index (χ3v) is 2.34. The summed E-state index contributed by atoms with van der Waals surface area (Å²) in [5, 5.41) is 0. The molecular weight excluding hydrogens is 202 g/mol. The molecule has 0 saturated carbocycles. The molecule has 16 heavy (non-hydrogen) atoms. The van der Waals surface area contributed by atoms with Gasteiger partial charge in [-0.05, 0) is 18.6 Å². The summed E-state index contributed by atoms with van der Waals surface area (Å²) in [5.41, 5.74) is 8.15. The smallest absolute Gasteiger partial charge is 0.251 e. The van der Waals surface area contributed by atoms with E-state index in [1.54, 1.807) is 6.92 Å². The predicted molar refractivity (Wildman–Crippen MR) is 63.3 cm³/mol. The fourth-order valence-electron chi connectivity index (χ4n) is 1.62. The molecule has 0 amide bonds. The number of rotatable bonds is 2. The van der Waals surface area contributed by atoms with Crippen molar-refractivity contribution in [2.45, 2.75) is 13.3 Å². The Labute approximate surface area is 93.2 Å². The second-order valence-corrected chi connectivity index (χ2v) is 3.70. The lowest BCUT2D eigenvalue weighted by Crippen LogP contribution is -2.11. The van der Waals surface area contributed by atoms with E-state index in [-0.39, 0.29) is 5.56 Å². The van der Waals surface area contributed by atoms with E-state index in [0.717, 1.165) is 16.9 Å². The molecule has 0 aliphatic heterocycles. The van der Waals surface area contributed by atoms with E-state index in [4.69, 9.17) is 5.73 Å². The van der Waals surface area contributed by atoms with Crippen LogP contribution in [0.5, 0.6) is 0 Å². The minimum Gasteiger partial charge on any atom is -0.398 e. The van der Waals surface area contributed by atoms with Crippen LogP contribution < -0.4 is 11.3 Å². The first-order valence-electron chi connectivity index (χ1n) is 5.05. The highest BCUT2D eigenvalue weighted by Gasteiger charge is 2.02. The van der Waals surface area contributed by atoms with Crippen molar-refractivity contribution in [2.75, 3.05) is 5.73 Å². The first kappa shape index (κ1) is 10.4. The highest BCUT2D eigenvalue weighted by Crippen LogP contribution is 2.13. The number of anilines is 1. The molecular formula is C12H13N3O. The topological polar surface area (TPSA) is 71.8 Å². The van der Waals surface area contributed by atoms with Gasteiger partial charge in [0.15, 0.2) is 0 Å². The maximum absolute atomic E-state index is 11.3. The van der Waals surface area contributed by atoms with Crippen LogP contribution >= 0.6 is 0 Å². The molecule has 0 bridgehead atoms. The number of benzene rings is 1. The molecule has 0 aliphatic carbocycles. The van der Waals surface area contributed by atoms with Crippen molar-refractivity contribution >= 4 is 5.69 Å². The third kappa shape index (κ3) is 2.28. The molecule has 1 aromatic carbocycles. The van der Waals surface area contributed by atoms with Gasteiger partial charge in [-0.1, -0.05) is 18.2 Å². The number of hydrogen-bond donors (Lipinski definition) is 2. The van der Waals surface area contributed by atoms with Gasteiger partial charge in [0.05, 0.1) is 5.69 Å². The highest BCUT2D eigenvalue weighted by molar-refractivity contribution is 5.47. The van der Waals surface area contributed by atoms with Crippen molar-refractivity contribution in [2.24, 2.45) is 0 Å². The van der Waals surface area contributed by atoms with E-state index < -0.39 is 0 Å². The molecule has 2 aromatic rings. The molecule has 3 N–H and O–H groups in total. The average molecular weight is 215 g/mol. The van der Waals surface area contributed by atoms with Crippen LogP contribution in [-0.2, 0) is 6.42 Å². The second kappa shape index (κ2) is 4.18. The van der Waals surface area contributed by atoms with Crippen LogP contribution in [-0.4, -0.2) is 9.97 Å². The Kier molecular flexibility index (Phi) is 2.72. The lowest BCUT2D eigenvalue weighted by molar-refractivity contribution is 0.946. The van der Waals surface area contributed by atoms with Crippen LogP contribution in [0, 0.1) is 6.92 Å². The first-order valence-corrected chi connectivity index (χ1v) is 5.05. The van der Waals surface area contributed by atoms with Crippen LogP contribution in [0.15, 0.2) is 35.1 Å². The van der Waals surface area contributed by atoms with Crippen molar-refractivity contribution in [3.05, 3.63) is 57.8 Å². The summed E-state index contributed by atoms with van der Waals surface area (Å²) in [4.78, 5) is 18.1. The molecule has 0 fully saturated rings. The van der Waals surface area contributed by atoms with Gasteiger partial charge in [0, 0.05) is 18.2 Å². The number of nitrogens with one attached hydrogen (secondary N) is 1. The fourth-order valence-corrected chi connectivity index (χ4v) is 1.62. The predicted octanol–water partition coefficient (Wildman–Crippen LogP) is 1.25. The summed E-state index contributed by atoms with van der Waals surface area (Å²) < 4.78 is 0. The molecule has 4 heteroatoms. The van der Waals surface area contributed by atoms with Crippen molar-refractivity contribution in [1.29, 1.82) is 0 Å². The normalized spacial score (nSPS) is 10.3. The standard InChI is InChI=1S/C12H13N3O/c1-8-14-10(7-12(16)15-8)6-9-4-2-3-5-11(9)13/h2-5,7H,6,13H2,1H3,(H,14,15,16). The zero-order valence-electron chi connectivity index (χ0n) is 9.03. The van der Waals surface area contributed by atoms with E-state index in [2.05, 4.69) is 9.97 Å². The molecule has 0 unspecified atom stereocenters. The van der Waals surface area contributed by atoms with Crippen LogP contribution in [0.3, 0.4) is 0 Å². The van der Waals surface area contributed by atoms with Gasteiger partial charge < -0.3 is 10.7 Å². The summed E-state index contributed by atoms with van der Waals surface area (Å²) >= 11 is 0. The Morgan fingerprint density at radius 1 is 1.38 bits per heavy atom. The van der Waals surface area contributed by atoms with Crippen LogP contribution in [0.2, 0.25) is 0 Å². The lowest BCUT2D eigenvalue weighted by atomic mass is 10.1. The highest BCUT2D eigenvalue weighted by atomic mass is 16.1. The largest absolute Gasteiger partial charge is 0.398 e. The fraction of sp³-hybridized carbons (Fsp3) is 0.167. The van der Waals surface area contributed by atoms with Crippen molar-refractivity contribution in [3.8, 4) is 0 Å². The molecule has 0 atom stereocenters. The van der Waals surface area contributed by atoms with Crippen LogP contribution in [0.1, 0.15) is 17.1 Å². The van der Waals surface area contributed by atoms with Crippen molar-refractivity contribution in [1.82, 2.24) is 9.97 Å². The van der Waals surface area contributed by atoms with Gasteiger partial charge in [0.25, 0.3) is 5.56 Å². The molecule has 0 saturated heterocycles.